The number of hydrogen-bond acceptors (Lipinski definition) is 6. The Morgan fingerprint density at radius 3 is 2.68 bits per heavy atom. The van der Waals surface area contributed by atoms with Crippen LogP contribution in [0.25, 0.3) is 16.8 Å². The molecule has 44 heavy (non-hydrogen) atoms. The second-order valence-corrected chi connectivity index (χ2v) is 11.8. The molecule has 6 heterocycles. The van der Waals surface area contributed by atoms with Crippen molar-refractivity contribution in [3.05, 3.63) is 64.7 Å². The van der Waals surface area contributed by atoms with Gasteiger partial charge in [0.05, 0.1) is 19.0 Å². The van der Waals surface area contributed by atoms with Crippen molar-refractivity contribution in [3.8, 4) is 11.1 Å². The molecule has 0 spiro atoms. The number of pyridine rings is 1. The van der Waals surface area contributed by atoms with Gasteiger partial charge in [0.1, 0.15) is 5.65 Å². The quantitative estimate of drug-likeness (QED) is 0.326. The van der Waals surface area contributed by atoms with Crippen LogP contribution in [0.15, 0.2) is 36.8 Å². The number of carboxylic acid groups (broad SMARTS) is 1. The van der Waals surface area contributed by atoms with Gasteiger partial charge in [0.25, 0.3) is 6.43 Å². The molecule has 230 valence electrons. The van der Waals surface area contributed by atoms with Crippen molar-refractivity contribution in [2.75, 3.05) is 31.2 Å². The zero-order valence-electron chi connectivity index (χ0n) is 24.5. The molecular weight excluding hydrogens is 570 g/mol. The van der Waals surface area contributed by atoms with Crippen molar-refractivity contribution >= 4 is 29.0 Å². The molecule has 3 aliphatic heterocycles. The number of ether oxygens (including phenoxy) is 1. The Hall–Kier alpha value is -4.32. The number of rotatable bonds is 6. The summed E-state index contributed by atoms with van der Waals surface area (Å²) in [6.07, 6.45) is 5.70. The van der Waals surface area contributed by atoms with Gasteiger partial charge in [-0.1, -0.05) is 0 Å². The Morgan fingerprint density at radius 1 is 1.11 bits per heavy atom. The predicted octanol–water partition coefficient (Wildman–Crippen LogP) is 5.10. The molecule has 1 N–H and O–H groups in total. The Kier molecular flexibility index (Phi) is 7.31. The molecule has 1 amide bonds. The fourth-order valence-electron chi connectivity index (χ4n) is 6.99. The van der Waals surface area contributed by atoms with Gasteiger partial charge < -0.3 is 24.0 Å². The second kappa shape index (κ2) is 11.3. The van der Waals surface area contributed by atoms with Crippen LogP contribution in [-0.4, -0.2) is 67.4 Å². The lowest BCUT2D eigenvalue weighted by Gasteiger charge is -2.33. The summed E-state index contributed by atoms with van der Waals surface area (Å²) in [4.78, 5) is 32.3. The molecule has 0 unspecified atom stereocenters. The molecule has 0 radical (unpaired) electrons. The first kappa shape index (κ1) is 28.5. The Morgan fingerprint density at radius 2 is 1.93 bits per heavy atom. The van der Waals surface area contributed by atoms with E-state index in [1.165, 1.54) is 0 Å². The zero-order chi connectivity index (χ0) is 30.5. The maximum atomic E-state index is 14.9. The van der Waals surface area contributed by atoms with Crippen LogP contribution in [0, 0.1) is 0 Å². The van der Waals surface area contributed by atoms with Gasteiger partial charge in [-0.05, 0) is 66.1 Å². The monoisotopic (exact) mass is 604 g/mol. The fraction of sp³-hybridized carbons (Fsp3) is 0.438. The maximum absolute atomic E-state index is 14.9. The lowest BCUT2D eigenvalue weighted by Crippen LogP contribution is -2.36. The first-order valence-corrected chi connectivity index (χ1v) is 15.1. The lowest BCUT2D eigenvalue weighted by molar-refractivity contribution is -0.136. The largest absolute Gasteiger partial charge is 0.481 e. The summed E-state index contributed by atoms with van der Waals surface area (Å²) in [7, 11) is 0. The highest BCUT2D eigenvalue weighted by Crippen LogP contribution is 2.44. The van der Waals surface area contributed by atoms with Crippen molar-refractivity contribution in [1.82, 2.24) is 24.1 Å². The molecule has 3 aromatic heterocycles. The third-order valence-electron chi connectivity index (χ3n) is 9.15. The summed E-state index contributed by atoms with van der Waals surface area (Å²) in [5.41, 5.74) is 5.24. The summed E-state index contributed by atoms with van der Waals surface area (Å²) in [5, 5.41) is 14.8. The fourth-order valence-corrected chi connectivity index (χ4v) is 6.99. The zero-order valence-corrected chi connectivity index (χ0v) is 24.5. The van der Waals surface area contributed by atoms with E-state index in [-0.39, 0.29) is 23.9 Å². The SMILES string of the molecule is CC(=O)N1CCc2c(c(N3CCCc4cc(-c5cc6nccn6cc5CC(=O)O)c(C(F)F)cc43)nn2C2CCOCC2)C1. The van der Waals surface area contributed by atoms with Gasteiger partial charge in [-0.2, -0.15) is 5.10 Å². The highest BCUT2D eigenvalue weighted by atomic mass is 19.3. The van der Waals surface area contributed by atoms with Crippen LogP contribution in [0.4, 0.5) is 20.3 Å². The first-order valence-electron chi connectivity index (χ1n) is 15.1. The number of amides is 1. The number of carbonyl (C=O) groups is 2. The van der Waals surface area contributed by atoms with Crippen LogP contribution < -0.4 is 4.90 Å². The van der Waals surface area contributed by atoms with Gasteiger partial charge in [-0.15, -0.1) is 0 Å². The molecule has 4 aromatic rings. The van der Waals surface area contributed by atoms with Gasteiger partial charge >= 0.3 is 5.97 Å². The van der Waals surface area contributed by atoms with Crippen molar-refractivity contribution in [1.29, 1.82) is 0 Å². The molecule has 0 bridgehead atoms. The molecule has 7 rings (SSSR count). The number of anilines is 2. The number of carbonyl (C=O) groups excluding carboxylic acids is 1. The summed E-state index contributed by atoms with van der Waals surface area (Å²) in [5.74, 6) is -0.328. The molecule has 1 aromatic carbocycles. The van der Waals surface area contributed by atoms with E-state index in [1.54, 1.807) is 48.1 Å². The van der Waals surface area contributed by atoms with E-state index in [0.29, 0.717) is 73.7 Å². The highest BCUT2D eigenvalue weighted by molar-refractivity contribution is 5.83. The van der Waals surface area contributed by atoms with Crippen molar-refractivity contribution in [3.63, 3.8) is 0 Å². The van der Waals surface area contributed by atoms with E-state index in [2.05, 4.69) is 9.67 Å². The summed E-state index contributed by atoms with van der Waals surface area (Å²) in [6.45, 7) is 4.55. The van der Waals surface area contributed by atoms with Gasteiger partial charge in [-0.3, -0.25) is 14.3 Å². The van der Waals surface area contributed by atoms with Gasteiger partial charge in [0.15, 0.2) is 5.82 Å². The average Bonchev–Trinajstić information content (AvgIpc) is 3.63. The minimum absolute atomic E-state index is 0.00398. The number of benzene rings is 1. The number of hydrogen-bond donors (Lipinski definition) is 1. The molecular formula is C32H34F2N6O4. The predicted molar refractivity (Wildman–Crippen MR) is 158 cm³/mol. The van der Waals surface area contributed by atoms with E-state index in [1.807, 2.05) is 9.80 Å². The normalized spacial score (nSPS) is 17.3. The highest BCUT2D eigenvalue weighted by Gasteiger charge is 2.34. The molecule has 3 aliphatic rings. The smallest absolute Gasteiger partial charge is 0.307 e. The van der Waals surface area contributed by atoms with Crippen LogP contribution in [0.1, 0.15) is 66.6 Å². The van der Waals surface area contributed by atoms with Gasteiger partial charge in [0, 0.05) is 80.7 Å². The number of halogens is 2. The van der Waals surface area contributed by atoms with Gasteiger partial charge in [0.2, 0.25) is 5.91 Å². The van der Waals surface area contributed by atoms with Crippen LogP contribution in [0.5, 0.6) is 0 Å². The minimum atomic E-state index is -2.80. The van der Waals surface area contributed by atoms with E-state index in [9.17, 15) is 23.5 Å². The van der Waals surface area contributed by atoms with E-state index in [0.717, 1.165) is 41.9 Å². The molecule has 0 aliphatic carbocycles. The lowest BCUT2D eigenvalue weighted by atomic mass is 9.89. The standard InChI is InChI=1S/C32H34F2N6O4/c1-19(41)37-9-4-27-26(18-37)32(36-40(27)22-5-11-44-12-6-22)39-8-2-3-20-13-24(25(31(33)34)15-28(20)39)23-16-29-35-7-10-38(29)17-21(23)14-30(42)43/h7,10,13,15-17,22,31H,2-6,8-9,11-12,14,18H2,1H3,(H,42,43). The number of nitrogens with zero attached hydrogens (tertiary/aromatic N) is 6. The number of aliphatic carboxylic acids is 1. The topological polar surface area (TPSA) is 105 Å². The van der Waals surface area contributed by atoms with Crippen molar-refractivity contribution < 1.29 is 28.2 Å². The van der Waals surface area contributed by atoms with Crippen LogP contribution in [0.2, 0.25) is 0 Å². The molecule has 10 nitrogen and oxygen atoms in total. The van der Waals surface area contributed by atoms with Crippen molar-refractivity contribution in [2.24, 2.45) is 0 Å². The second-order valence-electron chi connectivity index (χ2n) is 11.8. The number of aromatic nitrogens is 4. The Balaban J connectivity index is 1.37. The van der Waals surface area contributed by atoms with Crippen LogP contribution >= 0.6 is 0 Å². The molecule has 0 atom stereocenters. The molecule has 1 fully saturated rings. The minimum Gasteiger partial charge on any atom is -0.481 e. The first-order chi connectivity index (χ1) is 21.3. The van der Waals surface area contributed by atoms with E-state index in [4.69, 9.17) is 9.84 Å². The number of imidazole rings is 1. The van der Waals surface area contributed by atoms with Crippen LogP contribution in [-0.2, 0) is 40.1 Å². The third-order valence-corrected chi connectivity index (χ3v) is 9.15. The molecule has 0 saturated carbocycles. The van der Waals surface area contributed by atoms with E-state index >= 15 is 0 Å². The average molecular weight is 605 g/mol. The Bertz CT molecular complexity index is 1760. The Labute approximate surface area is 252 Å². The van der Waals surface area contributed by atoms with Gasteiger partial charge in [-0.25, -0.2) is 13.8 Å². The summed E-state index contributed by atoms with van der Waals surface area (Å²) >= 11 is 0. The van der Waals surface area contributed by atoms with E-state index < -0.39 is 12.4 Å². The summed E-state index contributed by atoms with van der Waals surface area (Å²) in [6, 6.07) is 5.23. The molecule has 12 heteroatoms. The third kappa shape index (κ3) is 5.00. The molecule has 1 saturated heterocycles. The number of alkyl halides is 2. The summed E-state index contributed by atoms with van der Waals surface area (Å²) < 4.78 is 39.2. The maximum Gasteiger partial charge on any atom is 0.307 e. The number of fused-ring (bicyclic) bond motifs is 3. The number of carboxylic acids is 1. The van der Waals surface area contributed by atoms with Crippen molar-refractivity contribution in [2.45, 2.75) is 64.5 Å². The van der Waals surface area contributed by atoms with Crippen LogP contribution in [0.3, 0.4) is 0 Å². The number of aryl methyl sites for hydroxylation is 1.